The van der Waals surface area contributed by atoms with Crippen LogP contribution in [0.1, 0.15) is 32.1 Å². The van der Waals surface area contributed by atoms with Crippen molar-refractivity contribution >= 4 is 8.07 Å². The van der Waals surface area contributed by atoms with Gasteiger partial charge in [0.15, 0.2) is 0 Å². The lowest BCUT2D eigenvalue weighted by Gasteiger charge is -2.23. The van der Waals surface area contributed by atoms with Gasteiger partial charge in [-0.15, -0.1) is 5.54 Å². The van der Waals surface area contributed by atoms with Crippen LogP contribution in [0.2, 0.25) is 19.6 Å². The summed E-state index contributed by atoms with van der Waals surface area (Å²) >= 11 is 0. The molecule has 0 aromatic heterocycles. The molecule has 1 rings (SSSR count). The average Bonchev–Trinajstić information content (AvgIpc) is 2.14. The standard InChI is InChI=1S/C12H22OSi/c1-14(2,3)10-9-12(13)11-7-5-4-6-8-11/h11-13H,4-8H2,1-3H3/t12-/m1/s1. The minimum absolute atomic E-state index is 0.359. The van der Waals surface area contributed by atoms with E-state index in [1.54, 1.807) is 0 Å². The van der Waals surface area contributed by atoms with E-state index in [1.807, 2.05) is 0 Å². The summed E-state index contributed by atoms with van der Waals surface area (Å²) in [7, 11) is -1.30. The van der Waals surface area contributed by atoms with Gasteiger partial charge in [0.05, 0.1) is 0 Å². The van der Waals surface area contributed by atoms with Gasteiger partial charge in [-0.2, -0.15) is 0 Å². The Morgan fingerprint density at radius 3 is 2.21 bits per heavy atom. The molecule has 1 atom stereocenters. The van der Waals surface area contributed by atoms with E-state index >= 15 is 0 Å². The van der Waals surface area contributed by atoms with Crippen molar-refractivity contribution in [1.29, 1.82) is 0 Å². The smallest absolute Gasteiger partial charge is 0.129 e. The monoisotopic (exact) mass is 210 g/mol. The van der Waals surface area contributed by atoms with Crippen molar-refractivity contribution in [2.75, 3.05) is 0 Å². The summed E-state index contributed by atoms with van der Waals surface area (Å²) in [5, 5.41) is 9.89. The number of rotatable bonds is 1. The third kappa shape index (κ3) is 4.30. The van der Waals surface area contributed by atoms with Gasteiger partial charge in [0.1, 0.15) is 14.2 Å². The predicted molar refractivity (Wildman–Crippen MR) is 63.7 cm³/mol. The molecule has 1 saturated carbocycles. The zero-order valence-electron chi connectivity index (χ0n) is 9.64. The Hall–Kier alpha value is -0.263. The molecule has 80 valence electrons. The fraction of sp³-hybridized carbons (Fsp3) is 0.833. The average molecular weight is 210 g/mol. The van der Waals surface area contributed by atoms with Crippen LogP contribution < -0.4 is 0 Å². The fourth-order valence-electron chi connectivity index (χ4n) is 1.86. The minimum atomic E-state index is -1.30. The summed E-state index contributed by atoms with van der Waals surface area (Å²) < 4.78 is 0. The third-order valence-electron chi connectivity index (χ3n) is 2.69. The quantitative estimate of drug-likeness (QED) is 0.521. The molecular weight excluding hydrogens is 188 g/mol. The second kappa shape index (κ2) is 5.00. The van der Waals surface area contributed by atoms with Gasteiger partial charge in [-0.3, -0.25) is 0 Å². The lowest BCUT2D eigenvalue weighted by Crippen LogP contribution is -2.23. The molecule has 0 bridgehead atoms. The Balaban J connectivity index is 2.46. The molecule has 1 nitrogen and oxygen atoms in total. The van der Waals surface area contributed by atoms with Crippen LogP contribution in [0.3, 0.4) is 0 Å². The Kier molecular flexibility index (Phi) is 4.22. The van der Waals surface area contributed by atoms with E-state index in [4.69, 9.17) is 0 Å². The maximum atomic E-state index is 9.89. The first-order chi connectivity index (χ1) is 6.49. The van der Waals surface area contributed by atoms with Gasteiger partial charge in [0.25, 0.3) is 0 Å². The summed E-state index contributed by atoms with van der Waals surface area (Å²) in [5.41, 5.74) is 3.26. The normalized spacial score (nSPS) is 21.1. The van der Waals surface area contributed by atoms with E-state index < -0.39 is 8.07 Å². The highest BCUT2D eigenvalue weighted by atomic mass is 28.3. The van der Waals surface area contributed by atoms with E-state index in [0.29, 0.717) is 5.92 Å². The number of hydrogen-bond acceptors (Lipinski definition) is 1. The zero-order chi connectivity index (χ0) is 10.6. The Morgan fingerprint density at radius 1 is 1.14 bits per heavy atom. The highest BCUT2D eigenvalue weighted by Gasteiger charge is 2.20. The second-order valence-electron chi connectivity index (χ2n) is 5.36. The molecule has 0 aliphatic heterocycles. The van der Waals surface area contributed by atoms with Crippen molar-refractivity contribution < 1.29 is 5.11 Å². The maximum absolute atomic E-state index is 9.89. The Morgan fingerprint density at radius 2 is 1.71 bits per heavy atom. The Bertz CT molecular complexity index is 225. The van der Waals surface area contributed by atoms with Gasteiger partial charge in [-0.05, 0) is 18.8 Å². The summed E-state index contributed by atoms with van der Waals surface area (Å²) in [4.78, 5) is 0. The lowest BCUT2D eigenvalue weighted by molar-refractivity contribution is 0.133. The van der Waals surface area contributed by atoms with Crippen LogP contribution in [0, 0.1) is 17.4 Å². The van der Waals surface area contributed by atoms with Crippen molar-refractivity contribution in [3.63, 3.8) is 0 Å². The molecular formula is C12H22OSi. The molecule has 0 unspecified atom stereocenters. The number of aliphatic hydroxyl groups is 1. The van der Waals surface area contributed by atoms with Crippen LogP contribution in [0.4, 0.5) is 0 Å². The first-order valence-electron chi connectivity index (χ1n) is 5.70. The Labute approximate surface area is 88.9 Å². The van der Waals surface area contributed by atoms with Gasteiger partial charge in [-0.25, -0.2) is 0 Å². The van der Waals surface area contributed by atoms with Crippen molar-refractivity contribution in [3.05, 3.63) is 0 Å². The predicted octanol–water partition coefficient (Wildman–Crippen LogP) is 2.81. The zero-order valence-corrected chi connectivity index (χ0v) is 10.6. The molecule has 2 heteroatoms. The molecule has 0 heterocycles. The minimum Gasteiger partial charge on any atom is -0.380 e. The molecule has 0 aromatic carbocycles. The largest absolute Gasteiger partial charge is 0.380 e. The molecule has 0 spiro atoms. The van der Waals surface area contributed by atoms with Crippen LogP contribution in [0.15, 0.2) is 0 Å². The lowest BCUT2D eigenvalue weighted by atomic mass is 9.85. The van der Waals surface area contributed by atoms with E-state index in [1.165, 1.54) is 32.1 Å². The molecule has 1 aliphatic carbocycles. The molecule has 1 aliphatic rings. The topological polar surface area (TPSA) is 20.2 Å². The number of hydrogen-bond donors (Lipinski definition) is 1. The fourth-order valence-corrected chi connectivity index (χ4v) is 2.44. The third-order valence-corrected chi connectivity index (χ3v) is 3.59. The van der Waals surface area contributed by atoms with Crippen LogP contribution in [0.25, 0.3) is 0 Å². The number of aliphatic hydroxyl groups excluding tert-OH is 1. The van der Waals surface area contributed by atoms with Crippen LogP contribution >= 0.6 is 0 Å². The molecule has 1 N–H and O–H groups in total. The molecule has 0 radical (unpaired) electrons. The van der Waals surface area contributed by atoms with Gasteiger partial charge in [-0.1, -0.05) is 44.8 Å². The summed E-state index contributed by atoms with van der Waals surface area (Å²) in [6.07, 6.45) is 5.86. The van der Waals surface area contributed by atoms with Crippen molar-refractivity contribution in [1.82, 2.24) is 0 Å². The molecule has 0 amide bonds. The summed E-state index contributed by atoms with van der Waals surface area (Å²) in [6, 6.07) is 0. The van der Waals surface area contributed by atoms with Crippen LogP contribution in [-0.4, -0.2) is 19.3 Å². The highest BCUT2D eigenvalue weighted by Crippen LogP contribution is 2.26. The highest BCUT2D eigenvalue weighted by molar-refractivity contribution is 6.83. The molecule has 14 heavy (non-hydrogen) atoms. The molecule has 0 aromatic rings. The van der Waals surface area contributed by atoms with E-state index in [2.05, 4.69) is 31.1 Å². The first-order valence-corrected chi connectivity index (χ1v) is 9.20. The van der Waals surface area contributed by atoms with Gasteiger partial charge >= 0.3 is 0 Å². The van der Waals surface area contributed by atoms with Gasteiger partial charge in [0, 0.05) is 0 Å². The van der Waals surface area contributed by atoms with Crippen molar-refractivity contribution in [2.45, 2.75) is 57.8 Å². The van der Waals surface area contributed by atoms with Crippen molar-refractivity contribution in [2.24, 2.45) is 5.92 Å². The van der Waals surface area contributed by atoms with Gasteiger partial charge < -0.3 is 5.11 Å². The van der Waals surface area contributed by atoms with E-state index in [0.717, 1.165) is 0 Å². The maximum Gasteiger partial charge on any atom is 0.129 e. The summed E-state index contributed by atoms with van der Waals surface area (Å²) in [6.45, 7) is 6.65. The van der Waals surface area contributed by atoms with E-state index in [-0.39, 0.29) is 6.10 Å². The second-order valence-corrected chi connectivity index (χ2v) is 10.1. The van der Waals surface area contributed by atoms with Gasteiger partial charge in [0.2, 0.25) is 0 Å². The van der Waals surface area contributed by atoms with Crippen LogP contribution in [-0.2, 0) is 0 Å². The summed E-state index contributed by atoms with van der Waals surface area (Å²) in [5.74, 6) is 3.51. The molecule has 1 fully saturated rings. The first kappa shape index (κ1) is 11.8. The van der Waals surface area contributed by atoms with E-state index in [9.17, 15) is 5.11 Å². The van der Waals surface area contributed by atoms with Crippen LogP contribution in [0.5, 0.6) is 0 Å². The molecule has 0 saturated heterocycles. The SMILES string of the molecule is C[Si](C)(C)C#C[C@@H](O)C1CCCCC1. The van der Waals surface area contributed by atoms with Crippen molar-refractivity contribution in [3.8, 4) is 11.5 Å².